The summed E-state index contributed by atoms with van der Waals surface area (Å²) in [6.07, 6.45) is 1.75. The van der Waals surface area contributed by atoms with Crippen LogP contribution in [0.3, 0.4) is 0 Å². The van der Waals surface area contributed by atoms with Gasteiger partial charge in [-0.2, -0.15) is 0 Å². The lowest BCUT2D eigenvalue weighted by Gasteiger charge is -2.22. The summed E-state index contributed by atoms with van der Waals surface area (Å²) in [4.78, 5) is 0. The van der Waals surface area contributed by atoms with E-state index in [-0.39, 0.29) is 6.29 Å². The molecule has 1 radical (unpaired) electrons. The minimum Gasteiger partial charge on any atom is -0.494 e. The number of thioether (sulfide) groups is 1. The second kappa shape index (κ2) is 10.1. The Morgan fingerprint density at radius 3 is 2.42 bits per heavy atom. The van der Waals surface area contributed by atoms with Crippen molar-refractivity contribution in [3.05, 3.63) is 35.6 Å². The minimum absolute atomic E-state index is 0.204. The van der Waals surface area contributed by atoms with Crippen LogP contribution in [-0.4, -0.2) is 32.9 Å². The van der Waals surface area contributed by atoms with Crippen molar-refractivity contribution in [3.8, 4) is 5.75 Å². The SMILES string of the molecule is CC[C](SCCCOc1ccccc1)C(OC)OC. The van der Waals surface area contributed by atoms with Crippen LogP contribution in [0.5, 0.6) is 5.75 Å². The zero-order valence-electron chi connectivity index (χ0n) is 11.9. The molecule has 0 saturated carbocycles. The smallest absolute Gasteiger partial charge is 0.172 e. The minimum atomic E-state index is -0.204. The van der Waals surface area contributed by atoms with Crippen LogP contribution < -0.4 is 4.74 Å². The van der Waals surface area contributed by atoms with E-state index in [9.17, 15) is 0 Å². The second-order valence-corrected chi connectivity index (χ2v) is 5.21. The fourth-order valence-corrected chi connectivity index (χ4v) is 2.72. The molecule has 0 unspecified atom stereocenters. The first-order chi connectivity index (χ1) is 9.31. The van der Waals surface area contributed by atoms with E-state index in [0.29, 0.717) is 0 Å². The van der Waals surface area contributed by atoms with Gasteiger partial charge in [0.25, 0.3) is 0 Å². The maximum Gasteiger partial charge on any atom is 0.172 e. The van der Waals surface area contributed by atoms with Crippen molar-refractivity contribution >= 4 is 11.8 Å². The summed E-state index contributed by atoms with van der Waals surface area (Å²) in [5.74, 6) is 1.94. The molecule has 0 aliphatic carbocycles. The van der Waals surface area contributed by atoms with E-state index in [4.69, 9.17) is 14.2 Å². The zero-order valence-corrected chi connectivity index (χ0v) is 12.7. The molecule has 0 saturated heterocycles. The molecule has 3 nitrogen and oxygen atoms in total. The van der Waals surface area contributed by atoms with Gasteiger partial charge in [-0.3, -0.25) is 0 Å². The molecule has 1 rings (SSSR count). The summed E-state index contributed by atoms with van der Waals surface area (Å²) in [6.45, 7) is 2.85. The van der Waals surface area contributed by atoms with E-state index in [1.54, 1.807) is 26.0 Å². The summed E-state index contributed by atoms with van der Waals surface area (Å²) in [6, 6.07) is 9.90. The highest BCUT2D eigenvalue weighted by atomic mass is 32.2. The zero-order chi connectivity index (χ0) is 13.9. The fraction of sp³-hybridized carbons (Fsp3) is 0.533. The number of rotatable bonds is 10. The third-order valence-electron chi connectivity index (χ3n) is 2.63. The molecule has 0 amide bonds. The maximum absolute atomic E-state index is 5.65. The fourth-order valence-electron chi connectivity index (χ4n) is 1.66. The Bertz CT molecular complexity index is 314. The van der Waals surface area contributed by atoms with Gasteiger partial charge in [-0.1, -0.05) is 25.1 Å². The average molecular weight is 283 g/mol. The van der Waals surface area contributed by atoms with Crippen LogP contribution in [0.4, 0.5) is 0 Å². The van der Waals surface area contributed by atoms with E-state index in [1.165, 1.54) is 5.25 Å². The highest BCUT2D eigenvalue weighted by Crippen LogP contribution is 2.29. The summed E-state index contributed by atoms with van der Waals surface area (Å²) in [5.41, 5.74) is 0. The Balaban J connectivity index is 2.15. The van der Waals surface area contributed by atoms with Gasteiger partial charge >= 0.3 is 0 Å². The van der Waals surface area contributed by atoms with Gasteiger partial charge < -0.3 is 14.2 Å². The molecule has 107 valence electrons. The summed E-state index contributed by atoms with van der Waals surface area (Å²) < 4.78 is 16.2. The molecule has 0 bridgehead atoms. The molecule has 19 heavy (non-hydrogen) atoms. The van der Waals surface area contributed by atoms with Gasteiger partial charge in [0.1, 0.15) is 5.75 Å². The van der Waals surface area contributed by atoms with Crippen molar-refractivity contribution in [1.82, 2.24) is 0 Å². The third-order valence-corrected chi connectivity index (χ3v) is 3.97. The number of para-hydroxylation sites is 1. The van der Waals surface area contributed by atoms with Crippen LogP contribution >= 0.6 is 11.8 Å². The van der Waals surface area contributed by atoms with Crippen molar-refractivity contribution in [3.63, 3.8) is 0 Å². The maximum atomic E-state index is 5.65. The van der Waals surface area contributed by atoms with Crippen molar-refractivity contribution in [2.75, 3.05) is 26.6 Å². The quantitative estimate of drug-likeness (QED) is 0.483. The molecule has 0 N–H and O–H groups in total. The number of methoxy groups -OCH3 is 2. The molecule has 0 fully saturated rings. The molecular formula is C15H23O3S. The topological polar surface area (TPSA) is 27.7 Å². The Labute approximate surface area is 120 Å². The van der Waals surface area contributed by atoms with E-state index in [1.807, 2.05) is 30.3 Å². The largest absolute Gasteiger partial charge is 0.494 e. The van der Waals surface area contributed by atoms with Crippen LogP contribution in [0.15, 0.2) is 30.3 Å². The molecule has 0 heterocycles. The van der Waals surface area contributed by atoms with Crippen LogP contribution in [0.2, 0.25) is 0 Å². The van der Waals surface area contributed by atoms with Crippen LogP contribution in [-0.2, 0) is 9.47 Å². The number of benzene rings is 1. The van der Waals surface area contributed by atoms with Crippen molar-refractivity contribution < 1.29 is 14.2 Å². The van der Waals surface area contributed by atoms with Crippen LogP contribution in [0.1, 0.15) is 19.8 Å². The molecule has 0 aliphatic rings. The van der Waals surface area contributed by atoms with Crippen LogP contribution in [0, 0.1) is 5.25 Å². The van der Waals surface area contributed by atoms with Crippen molar-refractivity contribution in [2.24, 2.45) is 0 Å². The molecule has 0 atom stereocenters. The van der Waals surface area contributed by atoms with Gasteiger partial charge in [0, 0.05) is 14.2 Å². The second-order valence-electron chi connectivity index (χ2n) is 3.99. The molecule has 0 aliphatic heterocycles. The first kappa shape index (κ1) is 16.3. The summed E-state index contributed by atoms with van der Waals surface area (Å²) in [7, 11) is 3.34. The summed E-state index contributed by atoms with van der Waals surface area (Å²) >= 11 is 1.80. The van der Waals surface area contributed by atoms with E-state index in [2.05, 4.69) is 6.92 Å². The monoisotopic (exact) mass is 283 g/mol. The third kappa shape index (κ3) is 6.32. The van der Waals surface area contributed by atoms with Gasteiger partial charge in [0.15, 0.2) is 6.29 Å². The lowest BCUT2D eigenvalue weighted by atomic mass is 10.3. The molecule has 4 heteroatoms. The lowest BCUT2D eigenvalue weighted by molar-refractivity contribution is -0.0831. The summed E-state index contributed by atoms with van der Waals surface area (Å²) in [5, 5.41) is 1.23. The van der Waals surface area contributed by atoms with Crippen LogP contribution in [0.25, 0.3) is 0 Å². The number of ether oxygens (including phenoxy) is 3. The highest BCUT2D eigenvalue weighted by molar-refractivity contribution is 8.02. The van der Waals surface area contributed by atoms with Gasteiger partial charge in [-0.05, 0) is 30.7 Å². The van der Waals surface area contributed by atoms with Crippen molar-refractivity contribution in [1.29, 1.82) is 0 Å². The predicted molar refractivity (Wildman–Crippen MR) is 80.4 cm³/mol. The van der Waals surface area contributed by atoms with Crippen molar-refractivity contribution in [2.45, 2.75) is 26.1 Å². The van der Waals surface area contributed by atoms with E-state index >= 15 is 0 Å². The first-order valence-corrected chi connectivity index (χ1v) is 7.52. The molecule has 1 aromatic rings. The molecular weight excluding hydrogens is 260 g/mol. The highest BCUT2D eigenvalue weighted by Gasteiger charge is 2.20. The Kier molecular flexibility index (Phi) is 8.71. The van der Waals surface area contributed by atoms with Gasteiger partial charge in [0.05, 0.1) is 11.9 Å². The standard InChI is InChI=1S/C15H23O3S/c1-4-14(15(16-2)17-3)19-12-8-11-18-13-9-6-5-7-10-13/h5-7,9-10,15H,4,8,11-12H2,1-3H3. The average Bonchev–Trinajstić information content (AvgIpc) is 2.47. The Morgan fingerprint density at radius 2 is 1.84 bits per heavy atom. The normalized spacial score (nSPS) is 11.2. The first-order valence-electron chi connectivity index (χ1n) is 6.53. The predicted octanol–water partition coefficient (Wildman–Crippen LogP) is 3.75. The van der Waals surface area contributed by atoms with E-state index < -0.39 is 0 Å². The van der Waals surface area contributed by atoms with Gasteiger partial charge in [0.2, 0.25) is 0 Å². The Hall–Kier alpha value is -0.710. The lowest BCUT2D eigenvalue weighted by Crippen LogP contribution is -2.20. The Morgan fingerprint density at radius 1 is 1.16 bits per heavy atom. The van der Waals surface area contributed by atoms with E-state index in [0.717, 1.165) is 31.0 Å². The number of hydrogen-bond donors (Lipinski definition) is 0. The number of hydrogen-bond acceptors (Lipinski definition) is 4. The molecule has 0 spiro atoms. The van der Waals surface area contributed by atoms with Gasteiger partial charge in [-0.15, -0.1) is 11.8 Å². The molecule has 0 aromatic heterocycles. The van der Waals surface area contributed by atoms with Gasteiger partial charge in [-0.25, -0.2) is 0 Å². The molecule has 1 aromatic carbocycles.